The summed E-state index contributed by atoms with van der Waals surface area (Å²) in [4.78, 5) is 12.6. The molecule has 0 aliphatic carbocycles. The minimum atomic E-state index is -0.478. The van der Waals surface area contributed by atoms with Gasteiger partial charge in [0.25, 0.3) is 5.91 Å². The molecule has 3 rings (SSSR count). The third-order valence-corrected chi connectivity index (χ3v) is 7.59. The summed E-state index contributed by atoms with van der Waals surface area (Å²) in [5, 5.41) is 13.2. The third kappa shape index (κ3) is 6.55. The summed E-state index contributed by atoms with van der Waals surface area (Å²) in [6, 6.07) is 18.3. The molecule has 0 unspecified atom stereocenters. The summed E-state index contributed by atoms with van der Waals surface area (Å²) in [5.74, 6) is 0.390. The van der Waals surface area contributed by atoms with Crippen molar-refractivity contribution in [2.45, 2.75) is 13.2 Å². The third-order valence-electron chi connectivity index (χ3n) is 4.70. The number of halogens is 4. The maximum atomic E-state index is 12.6. The Morgan fingerprint density at radius 1 is 1.06 bits per heavy atom. The second kappa shape index (κ2) is 12.3. The van der Waals surface area contributed by atoms with E-state index in [2.05, 4.69) is 37.2 Å². The zero-order valence-corrected chi connectivity index (χ0v) is 22.6. The Bertz CT molecular complexity index is 1280. The summed E-state index contributed by atoms with van der Waals surface area (Å²) >= 11 is 19.1. The van der Waals surface area contributed by atoms with Gasteiger partial charge in [-0.15, -0.1) is 0 Å². The van der Waals surface area contributed by atoms with E-state index in [4.69, 9.17) is 32.7 Å². The van der Waals surface area contributed by atoms with Gasteiger partial charge in [0.05, 0.1) is 21.6 Å². The van der Waals surface area contributed by atoms with Gasteiger partial charge in [-0.3, -0.25) is 4.79 Å². The van der Waals surface area contributed by atoms with E-state index >= 15 is 0 Å². The van der Waals surface area contributed by atoms with Crippen molar-refractivity contribution in [1.29, 1.82) is 5.26 Å². The highest BCUT2D eigenvalue weighted by Crippen LogP contribution is 2.43. The van der Waals surface area contributed by atoms with Crippen LogP contribution in [0.2, 0.25) is 10.0 Å². The van der Waals surface area contributed by atoms with Gasteiger partial charge in [-0.1, -0.05) is 59.6 Å². The molecule has 0 saturated heterocycles. The molecule has 0 fully saturated rings. The number of hydrogen-bond donors (Lipinski definition) is 1. The van der Waals surface area contributed by atoms with Crippen molar-refractivity contribution < 1.29 is 14.3 Å². The highest BCUT2D eigenvalue weighted by molar-refractivity contribution is 9.13. The highest BCUT2D eigenvalue weighted by atomic mass is 79.9. The molecule has 0 spiro atoms. The fourth-order valence-corrected chi connectivity index (χ4v) is 4.23. The number of nitrogens with zero attached hydrogens (tertiary/aromatic N) is 1. The lowest BCUT2D eigenvalue weighted by Gasteiger charge is -2.16. The first-order valence-electron chi connectivity index (χ1n) is 9.90. The largest absolute Gasteiger partial charge is 0.493 e. The van der Waals surface area contributed by atoms with E-state index in [0.29, 0.717) is 42.6 Å². The van der Waals surface area contributed by atoms with Gasteiger partial charge in [-0.2, -0.15) is 5.26 Å². The summed E-state index contributed by atoms with van der Waals surface area (Å²) in [7, 11) is 1.51. The number of carbonyl (C=O) groups is 1. The van der Waals surface area contributed by atoms with Crippen LogP contribution in [0.25, 0.3) is 6.08 Å². The van der Waals surface area contributed by atoms with E-state index in [0.717, 1.165) is 11.1 Å². The summed E-state index contributed by atoms with van der Waals surface area (Å²) < 4.78 is 12.6. The van der Waals surface area contributed by atoms with Crippen LogP contribution in [0.5, 0.6) is 11.5 Å². The number of amides is 1. The first kappa shape index (κ1) is 26.1. The molecule has 5 nitrogen and oxygen atoms in total. The number of rotatable bonds is 8. The molecular weight excluding hydrogens is 607 g/mol. The first-order valence-corrected chi connectivity index (χ1v) is 12.2. The van der Waals surface area contributed by atoms with Gasteiger partial charge in [0.15, 0.2) is 11.5 Å². The standard InChI is InChI=1S/C25H18Br2Cl2N2O3/c1-33-21-11-17(10-18(12-30)25(32)31-13-15-5-3-2-4-6-15)22(26)23(27)24(21)34-14-16-7-8-19(28)20(29)9-16/h2-11H,13-14H2,1H3,(H,31,32)/b18-10-. The van der Waals surface area contributed by atoms with Crippen molar-refractivity contribution in [3.05, 3.63) is 95.9 Å². The average molecular weight is 625 g/mol. The maximum absolute atomic E-state index is 12.6. The number of carbonyl (C=O) groups excluding carboxylic acids is 1. The smallest absolute Gasteiger partial charge is 0.262 e. The van der Waals surface area contributed by atoms with Crippen LogP contribution in [0.4, 0.5) is 0 Å². The van der Waals surface area contributed by atoms with Gasteiger partial charge in [0.1, 0.15) is 18.2 Å². The van der Waals surface area contributed by atoms with E-state index in [1.54, 1.807) is 18.2 Å². The molecule has 0 heterocycles. The van der Waals surface area contributed by atoms with Crippen LogP contribution in [0.15, 0.2) is 69.1 Å². The molecule has 0 aliphatic rings. The molecule has 9 heteroatoms. The number of nitrogens with one attached hydrogen (secondary N) is 1. The Labute approximate surface area is 224 Å². The lowest BCUT2D eigenvalue weighted by molar-refractivity contribution is -0.117. The van der Waals surface area contributed by atoms with Crippen molar-refractivity contribution in [3.8, 4) is 17.6 Å². The first-order chi connectivity index (χ1) is 16.3. The van der Waals surface area contributed by atoms with Gasteiger partial charge < -0.3 is 14.8 Å². The van der Waals surface area contributed by atoms with Gasteiger partial charge in [0, 0.05) is 11.0 Å². The highest BCUT2D eigenvalue weighted by Gasteiger charge is 2.18. The van der Waals surface area contributed by atoms with Crippen molar-refractivity contribution in [2.75, 3.05) is 7.11 Å². The quantitative estimate of drug-likeness (QED) is 0.210. The SMILES string of the molecule is COc1cc(/C=C(/C#N)C(=O)NCc2ccccc2)c(Br)c(Br)c1OCc1ccc(Cl)c(Cl)c1. The molecule has 3 aromatic rings. The van der Waals surface area contributed by atoms with E-state index in [9.17, 15) is 10.1 Å². The molecule has 1 N–H and O–H groups in total. The minimum absolute atomic E-state index is 0.0462. The molecule has 0 aromatic heterocycles. The van der Waals surface area contributed by atoms with E-state index in [1.165, 1.54) is 13.2 Å². The summed E-state index contributed by atoms with van der Waals surface area (Å²) in [6.07, 6.45) is 1.49. The second-order valence-corrected chi connectivity index (χ2v) is 9.40. The molecule has 0 bridgehead atoms. The Balaban J connectivity index is 1.83. The maximum Gasteiger partial charge on any atom is 0.262 e. The number of benzene rings is 3. The van der Waals surface area contributed by atoms with Gasteiger partial charge in [-0.25, -0.2) is 0 Å². The second-order valence-electron chi connectivity index (χ2n) is 7.00. The van der Waals surface area contributed by atoms with E-state index in [-0.39, 0.29) is 12.2 Å². The van der Waals surface area contributed by atoms with Gasteiger partial charge in [-0.05, 0) is 72.8 Å². The fraction of sp³-hybridized carbons (Fsp3) is 0.120. The Kier molecular flexibility index (Phi) is 9.43. The fourth-order valence-electron chi connectivity index (χ4n) is 2.96. The molecule has 0 radical (unpaired) electrons. The van der Waals surface area contributed by atoms with Crippen LogP contribution in [0.3, 0.4) is 0 Å². The van der Waals surface area contributed by atoms with Crippen molar-refractivity contribution in [2.24, 2.45) is 0 Å². The molecular formula is C25H18Br2Cl2N2O3. The van der Waals surface area contributed by atoms with Crippen LogP contribution in [0, 0.1) is 11.3 Å². The normalized spacial score (nSPS) is 11.0. The Morgan fingerprint density at radius 3 is 2.44 bits per heavy atom. The average Bonchev–Trinajstić information content (AvgIpc) is 2.85. The summed E-state index contributed by atoms with van der Waals surface area (Å²) in [6.45, 7) is 0.535. The molecule has 34 heavy (non-hydrogen) atoms. The van der Waals surface area contributed by atoms with Crippen molar-refractivity contribution in [3.63, 3.8) is 0 Å². The van der Waals surface area contributed by atoms with Crippen LogP contribution >= 0.6 is 55.1 Å². The van der Waals surface area contributed by atoms with Crippen LogP contribution < -0.4 is 14.8 Å². The lowest BCUT2D eigenvalue weighted by Crippen LogP contribution is -2.23. The van der Waals surface area contributed by atoms with Gasteiger partial charge in [0.2, 0.25) is 0 Å². The van der Waals surface area contributed by atoms with E-state index < -0.39 is 5.91 Å². The number of nitriles is 1. The topological polar surface area (TPSA) is 71.3 Å². The molecule has 0 saturated carbocycles. The number of hydrogen-bond acceptors (Lipinski definition) is 4. The molecule has 0 aliphatic heterocycles. The van der Waals surface area contributed by atoms with Crippen LogP contribution in [0.1, 0.15) is 16.7 Å². The number of methoxy groups -OCH3 is 1. The predicted molar refractivity (Wildman–Crippen MR) is 141 cm³/mol. The lowest BCUT2D eigenvalue weighted by atomic mass is 10.1. The molecule has 174 valence electrons. The monoisotopic (exact) mass is 622 g/mol. The molecule has 0 atom stereocenters. The van der Waals surface area contributed by atoms with E-state index in [1.807, 2.05) is 42.5 Å². The van der Waals surface area contributed by atoms with Gasteiger partial charge >= 0.3 is 0 Å². The van der Waals surface area contributed by atoms with Crippen LogP contribution in [-0.2, 0) is 17.9 Å². The number of ether oxygens (including phenoxy) is 2. The Morgan fingerprint density at radius 2 is 1.79 bits per heavy atom. The summed E-state index contributed by atoms with van der Waals surface area (Å²) in [5.41, 5.74) is 2.28. The van der Waals surface area contributed by atoms with Crippen molar-refractivity contribution in [1.82, 2.24) is 5.32 Å². The Hall–Kier alpha value is -2.50. The zero-order valence-electron chi connectivity index (χ0n) is 17.9. The van der Waals surface area contributed by atoms with Crippen molar-refractivity contribution >= 4 is 67.0 Å². The molecule has 3 aromatic carbocycles. The minimum Gasteiger partial charge on any atom is -0.493 e. The molecule has 1 amide bonds. The predicted octanol–water partition coefficient (Wildman–Crippen LogP) is 7.33. The van der Waals surface area contributed by atoms with Crippen LogP contribution in [-0.4, -0.2) is 13.0 Å². The zero-order chi connectivity index (χ0) is 24.7.